The topological polar surface area (TPSA) is 58.2 Å². The third-order valence-electron chi connectivity index (χ3n) is 4.91. The first kappa shape index (κ1) is 18.9. The number of rotatable bonds is 3. The Hall–Kier alpha value is -2.48. The minimum atomic E-state index is -4.47. The van der Waals surface area contributed by atoms with E-state index in [1.807, 2.05) is 24.3 Å². The third-order valence-corrected chi connectivity index (χ3v) is 6.19. The zero-order valence-corrected chi connectivity index (χ0v) is 15.5. The fourth-order valence-corrected chi connectivity index (χ4v) is 4.67. The first-order valence-electron chi connectivity index (χ1n) is 8.84. The zero-order chi connectivity index (χ0) is 19.9. The molecule has 4 rings (SSSR count). The van der Waals surface area contributed by atoms with E-state index in [-0.39, 0.29) is 24.1 Å². The lowest BCUT2D eigenvalue weighted by Gasteiger charge is -2.25. The lowest BCUT2D eigenvalue weighted by atomic mass is 10.1. The van der Waals surface area contributed by atoms with Gasteiger partial charge in [-0.2, -0.15) is 13.2 Å². The second-order valence-corrected chi connectivity index (χ2v) is 8.19. The molecule has 8 heteroatoms. The lowest BCUT2D eigenvalue weighted by molar-refractivity contribution is -0.137. The molecule has 1 aliphatic carbocycles. The van der Waals surface area contributed by atoms with Crippen molar-refractivity contribution in [3.8, 4) is 0 Å². The predicted octanol–water partition coefficient (Wildman–Crippen LogP) is 3.79. The molecule has 1 heterocycles. The van der Waals surface area contributed by atoms with Crippen LogP contribution in [0.3, 0.4) is 0 Å². The number of hydrogen-bond donors (Lipinski definition) is 2. The summed E-state index contributed by atoms with van der Waals surface area (Å²) in [4.78, 5) is 25.2. The number of amides is 2. The second kappa shape index (κ2) is 7.16. The van der Waals surface area contributed by atoms with Gasteiger partial charge in [-0.15, -0.1) is 11.8 Å². The van der Waals surface area contributed by atoms with Gasteiger partial charge in [-0.05, 0) is 42.2 Å². The molecule has 0 fully saturated rings. The highest BCUT2D eigenvalue weighted by Crippen LogP contribution is 2.40. The van der Waals surface area contributed by atoms with E-state index in [0.717, 1.165) is 36.7 Å². The maximum atomic E-state index is 12.8. The molecule has 0 saturated carbocycles. The maximum Gasteiger partial charge on any atom is 0.416 e. The Kier molecular flexibility index (Phi) is 4.82. The number of carbonyl (C=O) groups is 2. The summed E-state index contributed by atoms with van der Waals surface area (Å²) in [6.07, 6.45) is -2.98. The van der Waals surface area contributed by atoms with E-state index < -0.39 is 22.9 Å². The number of anilines is 1. The maximum absolute atomic E-state index is 12.8. The summed E-state index contributed by atoms with van der Waals surface area (Å²) >= 11 is 1.12. The van der Waals surface area contributed by atoms with Gasteiger partial charge >= 0.3 is 6.18 Å². The van der Waals surface area contributed by atoms with Gasteiger partial charge in [0.05, 0.1) is 16.5 Å². The van der Waals surface area contributed by atoms with Crippen molar-refractivity contribution in [2.75, 3.05) is 5.32 Å². The highest BCUT2D eigenvalue weighted by molar-refractivity contribution is 8.01. The second-order valence-electron chi connectivity index (χ2n) is 6.95. The molecule has 2 N–H and O–H groups in total. The van der Waals surface area contributed by atoms with Crippen molar-refractivity contribution < 1.29 is 22.8 Å². The van der Waals surface area contributed by atoms with Gasteiger partial charge < -0.3 is 10.6 Å². The number of thioether (sulfide) groups is 1. The summed E-state index contributed by atoms with van der Waals surface area (Å²) in [5.41, 5.74) is 1.75. The summed E-state index contributed by atoms with van der Waals surface area (Å²) < 4.78 is 38.5. The van der Waals surface area contributed by atoms with Crippen LogP contribution in [0.4, 0.5) is 18.9 Å². The van der Waals surface area contributed by atoms with Crippen LogP contribution >= 0.6 is 11.8 Å². The van der Waals surface area contributed by atoms with E-state index in [4.69, 9.17) is 0 Å². The van der Waals surface area contributed by atoms with Crippen LogP contribution in [-0.2, 0) is 28.6 Å². The van der Waals surface area contributed by atoms with Gasteiger partial charge in [-0.1, -0.05) is 24.3 Å². The van der Waals surface area contributed by atoms with Gasteiger partial charge in [-0.3, -0.25) is 9.59 Å². The number of alkyl halides is 3. The highest BCUT2D eigenvalue weighted by atomic mass is 32.2. The molecule has 0 spiro atoms. The number of fused-ring (bicyclic) bond motifs is 2. The Bertz CT molecular complexity index is 920. The highest BCUT2D eigenvalue weighted by Gasteiger charge is 2.34. The van der Waals surface area contributed by atoms with E-state index >= 15 is 0 Å². The fraction of sp³-hybridized carbons (Fsp3) is 0.300. The van der Waals surface area contributed by atoms with Gasteiger partial charge in [-0.25, -0.2) is 0 Å². The van der Waals surface area contributed by atoms with Crippen molar-refractivity contribution in [2.24, 2.45) is 0 Å². The van der Waals surface area contributed by atoms with Crippen LogP contribution in [-0.4, -0.2) is 23.1 Å². The Labute approximate surface area is 163 Å². The van der Waals surface area contributed by atoms with Gasteiger partial charge in [0.1, 0.15) is 0 Å². The zero-order valence-electron chi connectivity index (χ0n) is 14.7. The minimum absolute atomic E-state index is 0.00295. The van der Waals surface area contributed by atoms with Crippen LogP contribution in [0.1, 0.15) is 23.1 Å². The Morgan fingerprint density at radius 2 is 1.82 bits per heavy atom. The number of carbonyl (C=O) groups excluding carboxylic acids is 2. The van der Waals surface area contributed by atoms with E-state index in [0.29, 0.717) is 4.90 Å². The van der Waals surface area contributed by atoms with Crippen molar-refractivity contribution in [2.45, 2.75) is 41.6 Å². The number of halogens is 3. The van der Waals surface area contributed by atoms with Crippen molar-refractivity contribution in [1.29, 1.82) is 0 Å². The Morgan fingerprint density at radius 1 is 1.14 bits per heavy atom. The van der Waals surface area contributed by atoms with Crippen LogP contribution in [0.5, 0.6) is 0 Å². The quantitative estimate of drug-likeness (QED) is 0.816. The van der Waals surface area contributed by atoms with Crippen molar-refractivity contribution in [3.63, 3.8) is 0 Å². The Balaban J connectivity index is 1.38. The molecule has 0 bridgehead atoms. The smallest absolute Gasteiger partial charge is 0.353 e. The average Bonchev–Trinajstić information content (AvgIpc) is 3.03. The number of benzene rings is 2. The molecule has 1 aliphatic heterocycles. The van der Waals surface area contributed by atoms with Crippen molar-refractivity contribution in [1.82, 2.24) is 5.32 Å². The average molecular weight is 406 g/mol. The normalized spacial score (nSPS) is 19.0. The van der Waals surface area contributed by atoms with Gasteiger partial charge in [0.25, 0.3) is 0 Å². The molecular weight excluding hydrogens is 389 g/mol. The van der Waals surface area contributed by atoms with Crippen LogP contribution in [0.15, 0.2) is 47.4 Å². The molecule has 0 radical (unpaired) electrons. The van der Waals surface area contributed by atoms with Gasteiger partial charge in [0.2, 0.25) is 11.8 Å². The first-order valence-corrected chi connectivity index (χ1v) is 9.72. The molecule has 28 heavy (non-hydrogen) atoms. The summed E-state index contributed by atoms with van der Waals surface area (Å²) in [5, 5.41) is 4.79. The molecule has 2 amide bonds. The minimum Gasteiger partial charge on any atom is -0.353 e. The third kappa shape index (κ3) is 3.87. The van der Waals surface area contributed by atoms with Crippen molar-refractivity contribution in [3.05, 3.63) is 59.2 Å². The van der Waals surface area contributed by atoms with E-state index in [1.54, 1.807) is 0 Å². The van der Waals surface area contributed by atoms with Crippen LogP contribution < -0.4 is 10.6 Å². The SMILES string of the molecule is O=C(C[C@@H]1Sc2ccc(C(F)(F)F)cc2NC1=O)NC1Cc2ccccc2C1. The lowest BCUT2D eigenvalue weighted by Crippen LogP contribution is -2.39. The molecular formula is C20H17F3N2O2S. The van der Waals surface area contributed by atoms with E-state index in [9.17, 15) is 22.8 Å². The molecule has 2 aromatic carbocycles. The molecule has 0 saturated heterocycles. The predicted molar refractivity (Wildman–Crippen MR) is 100 cm³/mol. The first-order chi connectivity index (χ1) is 13.3. The summed E-state index contributed by atoms with van der Waals surface area (Å²) in [5.74, 6) is -0.692. The monoisotopic (exact) mass is 406 g/mol. The largest absolute Gasteiger partial charge is 0.416 e. The summed E-state index contributed by atoms with van der Waals surface area (Å²) in [7, 11) is 0. The van der Waals surface area contributed by atoms with Gasteiger partial charge in [0, 0.05) is 17.4 Å². The number of nitrogens with one attached hydrogen (secondary N) is 2. The van der Waals surface area contributed by atoms with E-state index in [1.165, 1.54) is 17.2 Å². The van der Waals surface area contributed by atoms with Crippen LogP contribution in [0.25, 0.3) is 0 Å². The molecule has 146 valence electrons. The summed E-state index contributed by atoms with van der Waals surface area (Å²) in [6, 6.07) is 11.3. The molecule has 0 aromatic heterocycles. The molecule has 2 aromatic rings. The standard InChI is InChI=1S/C20H17F3N2O2S/c21-20(22,23)13-5-6-16-15(9-13)25-19(27)17(28-16)10-18(26)24-14-7-11-3-1-2-4-12(11)8-14/h1-6,9,14,17H,7-8,10H2,(H,24,26)(H,25,27)/t17-/m0/s1. The Morgan fingerprint density at radius 3 is 2.46 bits per heavy atom. The molecule has 2 aliphatic rings. The van der Waals surface area contributed by atoms with Gasteiger partial charge in [0.15, 0.2) is 0 Å². The number of hydrogen-bond acceptors (Lipinski definition) is 3. The summed E-state index contributed by atoms with van der Waals surface area (Å²) in [6.45, 7) is 0. The molecule has 0 unspecified atom stereocenters. The van der Waals surface area contributed by atoms with Crippen molar-refractivity contribution >= 4 is 29.3 Å². The van der Waals surface area contributed by atoms with E-state index in [2.05, 4.69) is 10.6 Å². The van der Waals surface area contributed by atoms with Crippen LogP contribution in [0, 0.1) is 0 Å². The molecule has 4 nitrogen and oxygen atoms in total. The fourth-order valence-electron chi connectivity index (χ4n) is 3.58. The van der Waals surface area contributed by atoms with Crippen LogP contribution in [0.2, 0.25) is 0 Å². The molecule has 1 atom stereocenters.